The van der Waals surface area contributed by atoms with E-state index < -0.39 is 11.9 Å². The van der Waals surface area contributed by atoms with Crippen LogP contribution in [0.5, 0.6) is 0 Å². The molecule has 2 bridgehead atoms. The standard InChI is InChI=1S/C18H19N5O4/c19-16(21-17(24)15-8-20-11-26-15)14-7-6-13-9-22(14)18(25)23(13)27-10-12-4-2-1-3-5-12/h1-5,8,11,13-14H,6-7,9-10H2,(H2,19,21,24)/t13-,14+/m1/s1. The normalized spacial score (nSPS) is 21.4. The third-order valence-corrected chi connectivity index (χ3v) is 4.77. The first kappa shape index (κ1) is 17.2. The number of hydrogen-bond donors (Lipinski definition) is 2. The number of nitrogens with one attached hydrogen (secondary N) is 2. The van der Waals surface area contributed by atoms with Gasteiger partial charge in [0.05, 0.1) is 18.3 Å². The zero-order chi connectivity index (χ0) is 18.8. The molecule has 0 saturated carbocycles. The maximum Gasteiger partial charge on any atom is 0.344 e. The molecule has 2 N–H and O–H groups in total. The Morgan fingerprint density at radius 3 is 2.89 bits per heavy atom. The summed E-state index contributed by atoms with van der Waals surface area (Å²) in [6.07, 6.45) is 3.70. The fourth-order valence-corrected chi connectivity index (χ4v) is 3.41. The zero-order valence-electron chi connectivity index (χ0n) is 14.5. The molecule has 2 aromatic rings. The molecular formula is C18H19N5O4. The summed E-state index contributed by atoms with van der Waals surface area (Å²) in [7, 11) is 0. The number of nitrogens with zero attached hydrogens (tertiary/aromatic N) is 3. The average Bonchev–Trinajstić information content (AvgIpc) is 3.30. The molecule has 9 nitrogen and oxygen atoms in total. The minimum absolute atomic E-state index is 0.0222. The molecule has 3 amide bonds. The van der Waals surface area contributed by atoms with Crippen molar-refractivity contribution >= 4 is 17.8 Å². The van der Waals surface area contributed by atoms with Gasteiger partial charge in [0.1, 0.15) is 12.4 Å². The summed E-state index contributed by atoms with van der Waals surface area (Å²) in [6.45, 7) is 0.778. The predicted molar refractivity (Wildman–Crippen MR) is 93.7 cm³/mol. The van der Waals surface area contributed by atoms with Gasteiger partial charge in [-0.05, 0) is 18.4 Å². The van der Waals surface area contributed by atoms with Crippen molar-refractivity contribution in [2.45, 2.75) is 31.5 Å². The van der Waals surface area contributed by atoms with Crippen LogP contribution >= 0.6 is 0 Å². The highest BCUT2D eigenvalue weighted by Crippen LogP contribution is 2.30. The van der Waals surface area contributed by atoms with E-state index in [0.29, 0.717) is 26.0 Å². The summed E-state index contributed by atoms with van der Waals surface area (Å²) < 4.78 is 4.93. The van der Waals surface area contributed by atoms with Crippen LogP contribution in [0.2, 0.25) is 0 Å². The van der Waals surface area contributed by atoms with Crippen molar-refractivity contribution in [1.82, 2.24) is 20.3 Å². The lowest BCUT2D eigenvalue weighted by atomic mass is 10.00. The van der Waals surface area contributed by atoms with E-state index in [2.05, 4.69) is 10.3 Å². The van der Waals surface area contributed by atoms with Crippen molar-refractivity contribution in [3.05, 3.63) is 54.2 Å². The summed E-state index contributed by atoms with van der Waals surface area (Å²) in [6, 6.07) is 8.81. The first-order chi connectivity index (χ1) is 13.1. The molecular weight excluding hydrogens is 350 g/mol. The first-order valence-electron chi connectivity index (χ1n) is 8.68. The second-order valence-corrected chi connectivity index (χ2v) is 6.50. The molecule has 0 aliphatic carbocycles. The Morgan fingerprint density at radius 2 is 2.15 bits per heavy atom. The van der Waals surface area contributed by atoms with Crippen LogP contribution in [0.4, 0.5) is 4.79 Å². The van der Waals surface area contributed by atoms with E-state index in [1.165, 1.54) is 11.3 Å². The van der Waals surface area contributed by atoms with E-state index in [-0.39, 0.29) is 23.7 Å². The number of amides is 3. The molecule has 3 heterocycles. The number of hydrogen-bond acceptors (Lipinski definition) is 6. The number of benzene rings is 1. The second kappa shape index (κ2) is 7.20. The van der Waals surface area contributed by atoms with Crippen LogP contribution in [-0.4, -0.2) is 51.3 Å². The highest BCUT2D eigenvalue weighted by Gasteiger charge is 2.47. The van der Waals surface area contributed by atoms with Gasteiger partial charge in [-0.2, -0.15) is 5.06 Å². The summed E-state index contributed by atoms with van der Waals surface area (Å²) in [5, 5.41) is 12.1. The van der Waals surface area contributed by atoms with Gasteiger partial charge in [-0.15, -0.1) is 0 Å². The van der Waals surface area contributed by atoms with Gasteiger partial charge in [-0.1, -0.05) is 30.3 Å². The molecule has 9 heteroatoms. The van der Waals surface area contributed by atoms with Crippen LogP contribution in [0.1, 0.15) is 29.0 Å². The smallest absolute Gasteiger partial charge is 0.344 e. The third-order valence-electron chi connectivity index (χ3n) is 4.77. The Morgan fingerprint density at radius 1 is 1.33 bits per heavy atom. The van der Waals surface area contributed by atoms with Crippen LogP contribution in [0.15, 0.2) is 47.3 Å². The van der Waals surface area contributed by atoms with Crippen LogP contribution in [-0.2, 0) is 11.4 Å². The summed E-state index contributed by atoms with van der Waals surface area (Å²) >= 11 is 0. The molecule has 0 spiro atoms. The molecule has 0 radical (unpaired) electrons. The number of amidine groups is 1. The van der Waals surface area contributed by atoms with Gasteiger partial charge < -0.3 is 14.6 Å². The number of piperidine rings is 1. The Hall–Kier alpha value is -3.20. The molecule has 140 valence electrons. The molecule has 0 unspecified atom stereocenters. The van der Waals surface area contributed by atoms with Crippen molar-refractivity contribution in [1.29, 1.82) is 5.41 Å². The van der Waals surface area contributed by atoms with Crippen molar-refractivity contribution in [3.8, 4) is 0 Å². The number of carbonyl (C=O) groups excluding carboxylic acids is 2. The fraction of sp³-hybridized carbons (Fsp3) is 0.333. The van der Waals surface area contributed by atoms with Crippen LogP contribution < -0.4 is 5.32 Å². The summed E-state index contributed by atoms with van der Waals surface area (Å²) in [4.78, 5) is 35.8. The van der Waals surface area contributed by atoms with E-state index in [9.17, 15) is 9.59 Å². The lowest BCUT2D eigenvalue weighted by Crippen LogP contribution is -2.50. The molecule has 2 saturated heterocycles. The Balaban J connectivity index is 1.38. The van der Waals surface area contributed by atoms with Crippen molar-refractivity contribution in [3.63, 3.8) is 0 Å². The molecule has 2 atom stereocenters. The number of aromatic nitrogens is 1. The monoisotopic (exact) mass is 369 g/mol. The topological polar surface area (TPSA) is 112 Å². The van der Waals surface area contributed by atoms with E-state index in [1.54, 1.807) is 4.90 Å². The quantitative estimate of drug-likeness (QED) is 0.616. The number of oxazole rings is 1. The first-order valence-corrected chi connectivity index (χ1v) is 8.68. The predicted octanol–water partition coefficient (Wildman–Crippen LogP) is 1.78. The van der Waals surface area contributed by atoms with E-state index in [4.69, 9.17) is 14.7 Å². The Kier molecular flexibility index (Phi) is 4.59. The molecule has 4 rings (SSSR count). The lowest BCUT2D eigenvalue weighted by Gasteiger charge is -2.30. The largest absolute Gasteiger partial charge is 0.438 e. The number of carbonyl (C=O) groups is 2. The third kappa shape index (κ3) is 3.41. The van der Waals surface area contributed by atoms with E-state index in [0.717, 1.165) is 12.0 Å². The van der Waals surface area contributed by atoms with Gasteiger partial charge >= 0.3 is 6.03 Å². The SMILES string of the molecule is N=C(NC(=O)c1cnco1)[C@@H]1CC[C@@H]2CN1C(=O)N2OCc1ccccc1. The summed E-state index contributed by atoms with van der Waals surface area (Å²) in [5.74, 6) is -0.564. The van der Waals surface area contributed by atoms with Crippen molar-refractivity contribution in [2.24, 2.45) is 0 Å². The van der Waals surface area contributed by atoms with Crippen LogP contribution in [0.3, 0.4) is 0 Å². The van der Waals surface area contributed by atoms with Gasteiger partial charge in [-0.3, -0.25) is 15.0 Å². The zero-order valence-corrected chi connectivity index (χ0v) is 14.5. The van der Waals surface area contributed by atoms with E-state index in [1.807, 2.05) is 30.3 Å². The van der Waals surface area contributed by atoms with Crippen LogP contribution in [0.25, 0.3) is 0 Å². The van der Waals surface area contributed by atoms with Gasteiger partial charge in [-0.25, -0.2) is 9.78 Å². The number of urea groups is 1. The van der Waals surface area contributed by atoms with Crippen molar-refractivity contribution < 1.29 is 18.8 Å². The molecule has 2 aliphatic rings. The average molecular weight is 369 g/mol. The molecule has 2 fully saturated rings. The molecule has 1 aromatic heterocycles. The van der Waals surface area contributed by atoms with E-state index >= 15 is 0 Å². The highest BCUT2D eigenvalue weighted by atomic mass is 16.7. The number of rotatable bonds is 5. The molecule has 27 heavy (non-hydrogen) atoms. The number of hydroxylamine groups is 2. The Labute approximate surface area is 155 Å². The second-order valence-electron chi connectivity index (χ2n) is 6.50. The van der Waals surface area contributed by atoms with Crippen molar-refractivity contribution in [2.75, 3.05) is 6.54 Å². The minimum atomic E-state index is -0.552. The number of fused-ring (bicyclic) bond motifs is 2. The van der Waals surface area contributed by atoms with Gasteiger partial charge in [0.15, 0.2) is 6.39 Å². The van der Waals surface area contributed by atoms with Gasteiger partial charge in [0.2, 0.25) is 5.76 Å². The lowest BCUT2D eigenvalue weighted by molar-refractivity contribution is -0.140. The minimum Gasteiger partial charge on any atom is -0.438 e. The maximum absolute atomic E-state index is 12.7. The molecule has 2 aliphatic heterocycles. The molecule has 1 aromatic carbocycles. The fourth-order valence-electron chi connectivity index (χ4n) is 3.41. The maximum atomic E-state index is 12.7. The van der Waals surface area contributed by atoms with Gasteiger partial charge in [0, 0.05) is 6.54 Å². The highest BCUT2D eigenvalue weighted by molar-refractivity contribution is 6.06. The Bertz CT molecular complexity index is 839. The van der Waals surface area contributed by atoms with Crippen LogP contribution in [0, 0.1) is 5.41 Å². The van der Waals surface area contributed by atoms with Gasteiger partial charge in [0.25, 0.3) is 5.91 Å². The summed E-state index contributed by atoms with van der Waals surface area (Å²) in [5.41, 5.74) is 0.977.